The van der Waals surface area contributed by atoms with Gasteiger partial charge in [0.25, 0.3) is 0 Å². The average Bonchev–Trinajstić information content (AvgIpc) is 3.66. The maximum atomic E-state index is 13.1. The van der Waals surface area contributed by atoms with Crippen molar-refractivity contribution >= 4 is 5.97 Å². The highest BCUT2D eigenvalue weighted by Gasteiger charge is 2.68. The van der Waals surface area contributed by atoms with Crippen molar-refractivity contribution in [2.75, 3.05) is 89.5 Å². The molecule has 13 heteroatoms. The molecule has 3 aromatic carbocycles. The van der Waals surface area contributed by atoms with Crippen LogP contribution in [0.4, 0.5) is 0 Å². The molecule has 3 heterocycles. The fraction of sp³-hybridized carbons (Fsp3) is 0.596. The van der Waals surface area contributed by atoms with E-state index in [4.69, 9.17) is 37.9 Å². The predicted octanol–water partition coefficient (Wildman–Crippen LogP) is 2.36. The quantitative estimate of drug-likeness (QED) is 0.0525. The summed E-state index contributed by atoms with van der Waals surface area (Å²) in [5, 5.41) is 0. The highest BCUT2D eigenvalue weighted by molar-refractivity contribution is 5.69. The molecule has 5 aliphatic rings. The first kappa shape index (κ1) is 51.4. The summed E-state index contributed by atoms with van der Waals surface area (Å²) in [6.07, 6.45) is 16.7. The first-order valence-electron chi connectivity index (χ1n) is 23.4. The predicted molar refractivity (Wildman–Crippen MR) is 244 cm³/mol. The molecule has 5 unspecified atom stereocenters. The number of quaternary nitrogens is 2. The molecular formula is C52H72I2N2O9. The molecule has 0 radical (unpaired) electrons. The van der Waals surface area contributed by atoms with Crippen molar-refractivity contribution < 1.29 is 99.6 Å². The van der Waals surface area contributed by atoms with Gasteiger partial charge in [-0.15, -0.1) is 0 Å². The molecule has 1 fully saturated rings. The maximum absolute atomic E-state index is 13.1. The second kappa shape index (κ2) is 22.0. The third kappa shape index (κ3) is 9.83. The van der Waals surface area contributed by atoms with Crippen molar-refractivity contribution in [3.63, 3.8) is 0 Å². The Balaban J connectivity index is 0.00000350. The molecule has 2 aliphatic carbocycles. The molecule has 8 rings (SSSR count). The summed E-state index contributed by atoms with van der Waals surface area (Å²) < 4.78 is 48.9. The molecule has 1 saturated heterocycles. The molecule has 3 aromatic rings. The summed E-state index contributed by atoms with van der Waals surface area (Å²) >= 11 is 0. The van der Waals surface area contributed by atoms with Gasteiger partial charge in [-0.3, -0.25) is 4.79 Å². The minimum absolute atomic E-state index is 0. The normalized spacial score (nSPS) is 27.5. The number of hydrogen-bond acceptors (Lipinski definition) is 9. The van der Waals surface area contributed by atoms with Gasteiger partial charge in [-0.05, 0) is 66.3 Å². The number of likely N-dealkylation sites (N-methyl/N-ethyl adjacent to an activating group) is 2. The van der Waals surface area contributed by atoms with Gasteiger partial charge in [0.2, 0.25) is 0 Å². The summed E-state index contributed by atoms with van der Waals surface area (Å²) in [6.45, 7) is 4.47. The standard InChI is InChI=1S/C52H72N2O9.2HI/c1-53(26-22-36-33-46(60-7)47(61-8)34-38(36)40(53)30-35-16-19-42(56-3)45(31-35)59-6)25-14-12-10-9-11-13-15-29-62-48(55)23-27-54(2)28-24-52-39-18-21-44(58-5)51(52)63-50-43(57-4)20-17-37(49(50)52)32-41(39)54;;/h16-21,31,33-34,39-41,44,51H,9-15,22-30,32H2,1-8H3;2*1H/q+2;;/p-2/t39?,40-,41-,44+,51?,52?,53?,54?;;/m1../s1. The summed E-state index contributed by atoms with van der Waals surface area (Å²) in [7, 11) is 15.1. The van der Waals surface area contributed by atoms with Crippen LogP contribution < -0.4 is 76.4 Å². The summed E-state index contributed by atoms with van der Waals surface area (Å²) in [5.74, 6) is 5.04. The Kier molecular flexibility index (Phi) is 17.4. The molecule has 8 atom stereocenters. The van der Waals surface area contributed by atoms with Crippen LogP contribution in [-0.2, 0) is 38.9 Å². The van der Waals surface area contributed by atoms with Crippen molar-refractivity contribution in [1.82, 2.24) is 0 Å². The molecule has 2 bridgehead atoms. The van der Waals surface area contributed by atoms with Gasteiger partial charge < -0.3 is 94.8 Å². The van der Waals surface area contributed by atoms with Gasteiger partial charge in [0.05, 0.1) is 94.3 Å². The van der Waals surface area contributed by atoms with Crippen LogP contribution in [0, 0.1) is 5.92 Å². The lowest BCUT2D eigenvalue weighted by molar-refractivity contribution is -0.943. The zero-order valence-electron chi connectivity index (χ0n) is 39.9. The van der Waals surface area contributed by atoms with Crippen LogP contribution in [0.1, 0.15) is 91.6 Å². The highest BCUT2D eigenvalue weighted by atomic mass is 127. The van der Waals surface area contributed by atoms with Gasteiger partial charge in [0.1, 0.15) is 24.3 Å². The first-order chi connectivity index (χ1) is 30.6. The van der Waals surface area contributed by atoms with Gasteiger partial charge in [-0.1, -0.05) is 50.0 Å². The number of methoxy groups -OCH3 is 6. The number of hydrogen-bond donors (Lipinski definition) is 0. The Bertz CT molecular complexity index is 2150. The fourth-order valence-electron chi connectivity index (χ4n) is 12.3. The van der Waals surface area contributed by atoms with Crippen LogP contribution in [0.25, 0.3) is 0 Å². The van der Waals surface area contributed by atoms with E-state index in [2.05, 4.69) is 62.6 Å². The van der Waals surface area contributed by atoms with Gasteiger partial charge in [-0.25, -0.2) is 0 Å². The van der Waals surface area contributed by atoms with Crippen molar-refractivity contribution in [2.24, 2.45) is 5.92 Å². The van der Waals surface area contributed by atoms with E-state index >= 15 is 0 Å². The van der Waals surface area contributed by atoms with E-state index in [0.29, 0.717) is 25.0 Å². The number of ether oxygens (including phenoxy) is 8. The lowest BCUT2D eigenvalue weighted by Crippen LogP contribution is -3.00. The van der Waals surface area contributed by atoms with Crippen LogP contribution in [0.3, 0.4) is 0 Å². The molecule has 0 aromatic heterocycles. The molecule has 1 spiro atoms. The molecule has 0 N–H and O–H groups in total. The lowest BCUT2D eigenvalue weighted by Gasteiger charge is -2.60. The molecular weight excluding hydrogens is 1050 g/mol. The minimum Gasteiger partial charge on any atom is -1.00 e. The van der Waals surface area contributed by atoms with Crippen LogP contribution >= 0.6 is 0 Å². The number of benzene rings is 3. The zero-order chi connectivity index (χ0) is 44.4. The second-order valence-electron chi connectivity index (χ2n) is 19.2. The summed E-state index contributed by atoms with van der Waals surface area (Å²) in [4.78, 5) is 13.1. The first-order valence-corrected chi connectivity index (χ1v) is 23.4. The largest absolute Gasteiger partial charge is 1.00 e. The lowest BCUT2D eigenvalue weighted by atomic mass is 9.52. The third-order valence-electron chi connectivity index (χ3n) is 15.9. The number of esters is 1. The van der Waals surface area contributed by atoms with Crippen LogP contribution in [0.2, 0.25) is 0 Å². The maximum Gasteiger partial charge on any atom is 0.311 e. The number of nitrogens with zero attached hydrogens (tertiary/aromatic N) is 2. The van der Waals surface area contributed by atoms with E-state index in [-0.39, 0.29) is 77.6 Å². The molecule has 358 valence electrons. The van der Waals surface area contributed by atoms with Crippen molar-refractivity contribution in [3.05, 3.63) is 82.4 Å². The SMILES string of the molecule is COc1ccc(C[C@@H]2c3cc(OC)c(OC)cc3CC[N+]2(C)CCCCCCCCCOC(=O)CC[N+]2(C)CCC34c5c6ccc(OC)c5OC3[C@@H](OC)C=CC4[C@H]2C6)cc1OC.[I-].[I-]. The molecule has 0 saturated carbocycles. The van der Waals surface area contributed by atoms with Gasteiger partial charge in [0.15, 0.2) is 34.5 Å². The van der Waals surface area contributed by atoms with Crippen LogP contribution in [0.15, 0.2) is 54.6 Å². The number of piperidine rings is 1. The Labute approximate surface area is 422 Å². The third-order valence-corrected chi connectivity index (χ3v) is 15.9. The van der Waals surface area contributed by atoms with Crippen molar-refractivity contribution in [2.45, 2.75) is 107 Å². The molecule has 0 amide bonds. The van der Waals surface area contributed by atoms with E-state index in [0.717, 1.165) is 115 Å². The van der Waals surface area contributed by atoms with Gasteiger partial charge in [-0.2, -0.15) is 0 Å². The van der Waals surface area contributed by atoms with E-state index in [1.807, 2.05) is 6.07 Å². The van der Waals surface area contributed by atoms with E-state index in [1.165, 1.54) is 53.5 Å². The summed E-state index contributed by atoms with van der Waals surface area (Å²) in [6, 6.07) is 15.6. The van der Waals surface area contributed by atoms with E-state index in [1.54, 1.807) is 42.7 Å². The summed E-state index contributed by atoms with van der Waals surface area (Å²) in [5.41, 5.74) is 6.48. The van der Waals surface area contributed by atoms with Crippen LogP contribution in [0.5, 0.6) is 34.5 Å². The van der Waals surface area contributed by atoms with Gasteiger partial charge in [0, 0.05) is 49.8 Å². The molecule has 65 heavy (non-hydrogen) atoms. The Hall–Kier alpha value is -2.99. The second-order valence-corrected chi connectivity index (χ2v) is 19.2. The topological polar surface area (TPSA) is 90.9 Å². The fourth-order valence-corrected chi connectivity index (χ4v) is 12.3. The number of likely N-dealkylation sites (tertiary alicyclic amines) is 1. The van der Waals surface area contributed by atoms with E-state index < -0.39 is 0 Å². The smallest absolute Gasteiger partial charge is 0.311 e. The molecule has 3 aliphatic heterocycles. The number of rotatable bonds is 21. The van der Waals surface area contributed by atoms with Crippen molar-refractivity contribution in [1.29, 1.82) is 0 Å². The van der Waals surface area contributed by atoms with Crippen LogP contribution in [-0.4, -0.2) is 123 Å². The van der Waals surface area contributed by atoms with Gasteiger partial charge >= 0.3 is 5.97 Å². The Morgan fingerprint density at radius 3 is 2.08 bits per heavy atom. The Morgan fingerprint density at radius 2 is 1.37 bits per heavy atom. The highest BCUT2D eigenvalue weighted by Crippen LogP contribution is 2.63. The number of fused-ring (bicyclic) bond motifs is 1. The monoisotopic (exact) mass is 1120 g/mol. The average molecular weight is 1120 g/mol. The van der Waals surface area contributed by atoms with Crippen molar-refractivity contribution in [3.8, 4) is 34.5 Å². The number of halogens is 2. The molecule has 11 nitrogen and oxygen atoms in total. The number of unbranched alkanes of at least 4 members (excludes halogenated alkanes) is 6. The number of carbonyl (C=O) groups is 1. The minimum atomic E-state index is -0.128. The Morgan fingerprint density at radius 1 is 0.708 bits per heavy atom. The van der Waals surface area contributed by atoms with E-state index in [9.17, 15) is 4.79 Å². The number of carbonyl (C=O) groups excluding carboxylic acids is 1. The zero-order valence-corrected chi connectivity index (χ0v) is 44.2.